The Morgan fingerprint density at radius 1 is 1.21 bits per heavy atom. The predicted molar refractivity (Wildman–Crippen MR) is 75.7 cm³/mol. The summed E-state index contributed by atoms with van der Waals surface area (Å²) in [6.07, 6.45) is 3.11. The van der Waals surface area contributed by atoms with Crippen LogP contribution in [0.3, 0.4) is 0 Å². The molecule has 1 heterocycles. The summed E-state index contributed by atoms with van der Waals surface area (Å²) < 4.78 is 5.33. The second-order valence-electron chi connectivity index (χ2n) is 5.63. The number of rotatable bonds is 5. The van der Waals surface area contributed by atoms with Gasteiger partial charge in [-0.2, -0.15) is 0 Å². The fourth-order valence-electron chi connectivity index (χ4n) is 2.37. The number of carbonyl (C=O) groups is 1. The van der Waals surface area contributed by atoms with Crippen molar-refractivity contribution in [1.29, 1.82) is 0 Å². The first kappa shape index (κ1) is 13.9. The van der Waals surface area contributed by atoms with E-state index in [1.54, 1.807) is 4.90 Å². The normalized spacial score (nSPS) is 13.7. The smallest absolute Gasteiger partial charge is 0.410 e. The van der Waals surface area contributed by atoms with Crippen molar-refractivity contribution in [2.24, 2.45) is 5.92 Å². The molecule has 0 atom stereocenters. The van der Waals surface area contributed by atoms with Crippen molar-refractivity contribution in [3.8, 4) is 0 Å². The number of hydrogen-bond donors (Lipinski definition) is 0. The molecule has 0 aliphatic carbocycles. The molecule has 19 heavy (non-hydrogen) atoms. The lowest BCUT2D eigenvalue weighted by molar-refractivity contribution is 0.0996. The molecule has 0 N–H and O–H groups in total. The SMILES string of the molecule is CC(C)CCCCOC(=O)N1Cc2ccccc2C1. The lowest BCUT2D eigenvalue weighted by Crippen LogP contribution is -2.26. The molecule has 3 heteroatoms. The van der Waals surface area contributed by atoms with E-state index in [2.05, 4.69) is 26.0 Å². The lowest BCUT2D eigenvalue weighted by atomic mass is 10.1. The van der Waals surface area contributed by atoms with E-state index in [4.69, 9.17) is 4.74 Å². The largest absolute Gasteiger partial charge is 0.449 e. The van der Waals surface area contributed by atoms with Gasteiger partial charge in [-0.3, -0.25) is 4.90 Å². The van der Waals surface area contributed by atoms with Crippen molar-refractivity contribution < 1.29 is 9.53 Å². The van der Waals surface area contributed by atoms with Crippen molar-refractivity contribution in [3.05, 3.63) is 35.4 Å². The third-order valence-electron chi connectivity index (χ3n) is 3.50. The third-order valence-corrected chi connectivity index (χ3v) is 3.50. The first-order chi connectivity index (χ1) is 9.16. The number of fused-ring (bicyclic) bond motifs is 1. The van der Waals surface area contributed by atoms with Gasteiger partial charge >= 0.3 is 6.09 Å². The number of unbranched alkanes of at least 4 members (excludes halogenated alkanes) is 1. The van der Waals surface area contributed by atoms with Crippen molar-refractivity contribution >= 4 is 6.09 Å². The topological polar surface area (TPSA) is 29.5 Å². The fourth-order valence-corrected chi connectivity index (χ4v) is 2.37. The van der Waals surface area contributed by atoms with Gasteiger partial charge in [0.05, 0.1) is 6.61 Å². The highest BCUT2D eigenvalue weighted by Crippen LogP contribution is 2.22. The summed E-state index contributed by atoms with van der Waals surface area (Å²) >= 11 is 0. The maximum atomic E-state index is 11.9. The Bertz CT molecular complexity index is 404. The van der Waals surface area contributed by atoms with Crippen LogP contribution in [0.5, 0.6) is 0 Å². The van der Waals surface area contributed by atoms with Gasteiger partial charge in [-0.15, -0.1) is 0 Å². The summed E-state index contributed by atoms with van der Waals surface area (Å²) in [6, 6.07) is 8.18. The van der Waals surface area contributed by atoms with Gasteiger partial charge in [-0.25, -0.2) is 4.79 Å². The molecule has 0 fully saturated rings. The van der Waals surface area contributed by atoms with Gasteiger partial charge in [0.15, 0.2) is 0 Å². The zero-order valence-corrected chi connectivity index (χ0v) is 11.9. The van der Waals surface area contributed by atoms with E-state index in [1.165, 1.54) is 17.5 Å². The van der Waals surface area contributed by atoms with E-state index in [1.807, 2.05) is 12.1 Å². The van der Waals surface area contributed by atoms with Crippen LogP contribution in [0, 0.1) is 5.92 Å². The Labute approximate surface area is 115 Å². The molecule has 104 valence electrons. The zero-order valence-electron chi connectivity index (χ0n) is 11.9. The summed E-state index contributed by atoms with van der Waals surface area (Å²) in [7, 11) is 0. The molecule has 0 bridgehead atoms. The van der Waals surface area contributed by atoms with Crippen LogP contribution in [0.2, 0.25) is 0 Å². The van der Waals surface area contributed by atoms with Gasteiger partial charge in [0.1, 0.15) is 0 Å². The Hall–Kier alpha value is -1.51. The van der Waals surface area contributed by atoms with Crippen LogP contribution >= 0.6 is 0 Å². The number of amides is 1. The Balaban J connectivity index is 1.68. The van der Waals surface area contributed by atoms with E-state index in [0.717, 1.165) is 18.8 Å². The number of ether oxygens (including phenoxy) is 1. The number of hydrogen-bond acceptors (Lipinski definition) is 2. The van der Waals surface area contributed by atoms with Crippen LogP contribution in [0.25, 0.3) is 0 Å². The minimum atomic E-state index is -0.180. The molecule has 3 nitrogen and oxygen atoms in total. The molecule has 1 aromatic carbocycles. The summed E-state index contributed by atoms with van der Waals surface area (Å²) in [4.78, 5) is 13.7. The second-order valence-corrected chi connectivity index (χ2v) is 5.63. The van der Waals surface area contributed by atoms with Crippen LogP contribution in [0.4, 0.5) is 4.79 Å². The minimum absolute atomic E-state index is 0.180. The molecule has 1 amide bonds. The maximum Gasteiger partial charge on any atom is 0.410 e. The summed E-state index contributed by atoms with van der Waals surface area (Å²) in [5, 5.41) is 0. The third kappa shape index (κ3) is 3.98. The lowest BCUT2D eigenvalue weighted by Gasteiger charge is -2.15. The maximum absolute atomic E-state index is 11.9. The van der Waals surface area contributed by atoms with Crippen LogP contribution in [0.15, 0.2) is 24.3 Å². The van der Waals surface area contributed by atoms with Crippen LogP contribution in [0.1, 0.15) is 44.2 Å². The highest BCUT2D eigenvalue weighted by atomic mass is 16.6. The van der Waals surface area contributed by atoms with Crippen LogP contribution in [-0.4, -0.2) is 17.6 Å². The number of benzene rings is 1. The Morgan fingerprint density at radius 3 is 2.42 bits per heavy atom. The van der Waals surface area contributed by atoms with Gasteiger partial charge in [0.25, 0.3) is 0 Å². The number of nitrogens with zero attached hydrogens (tertiary/aromatic N) is 1. The fraction of sp³-hybridized carbons (Fsp3) is 0.562. The van der Waals surface area contributed by atoms with Crippen LogP contribution < -0.4 is 0 Å². The van der Waals surface area contributed by atoms with Crippen molar-refractivity contribution in [2.75, 3.05) is 6.61 Å². The second kappa shape index (κ2) is 6.60. The monoisotopic (exact) mass is 261 g/mol. The van der Waals surface area contributed by atoms with Crippen molar-refractivity contribution in [1.82, 2.24) is 4.90 Å². The molecule has 2 rings (SSSR count). The summed E-state index contributed by atoms with van der Waals surface area (Å²) in [5.74, 6) is 0.726. The van der Waals surface area contributed by atoms with E-state index >= 15 is 0 Å². The van der Waals surface area contributed by atoms with Crippen LogP contribution in [-0.2, 0) is 17.8 Å². The molecular weight excluding hydrogens is 238 g/mol. The predicted octanol–water partition coefficient (Wildman–Crippen LogP) is 3.97. The van der Waals surface area contributed by atoms with E-state index in [0.29, 0.717) is 19.7 Å². The number of carbonyl (C=O) groups excluding carboxylic acids is 1. The Kier molecular flexibility index (Phi) is 4.83. The molecule has 1 aliphatic rings. The van der Waals surface area contributed by atoms with Crippen molar-refractivity contribution in [3.63, 3.8) is 0 Å². The molecule has 0 radical (unpaired) electrons. The average molecular weight is 261 g/mol. The Morgan fingerprint density at radius 2 is 1.84 bits per heavy atom. The van der Waals surface area contributed by atoms with E-state index in [9.17, 15) is 4.79 Å². The molecule has 0 aromatic heterocycles. The van der Waals surface area contributed by atoms with Gasteiger partial charge in [-0.05, 0) is 29.9 Å². The van der Waals surface area contributed by atoms with Gasteiger partial charge in [0.2, 0.25) is 0 Å². The standard InChI is InChI=1S/C16H23NO2/c1-13(2)7-5-6-10-19-16(18)17-11-14-8-3-4-9-15(14)12-17/h3-4,8-9,13H,5-7,10-12H2,1-2H3. The first-order valence-corrected chi connectivity index (χ1v) is 7.15. The molecule has 1 aliphatic heterocycles. The molecule has 0 saturated heterocycles. The van der Waals surface area contributed by atoms with Gasteiger partial charge in [0, 0.05) is 13.1 Å². The van der Waals surface area contributed by atoms with E-state index in [-0.39, 0.29) is 6.09 Å². The van der Waals surface area contributed by atoms with Crippen molar-refractivity contribution in [2.45, 2.75) is 46.2 Å². The molecule has 1 aromatic rings. The molecule has 0 saturated carbocycles. The molecule has 0 spiro atoms. The summed E-state index contributed by atoms with van der Waals surface area (Å²) in [5.41, 5.74) is 2.47. The quantitative estimate of drug-likeness (QED) is 0.751. The first-order valence-electron chi connectivity index (χ1n) is 7.15. The molecular formula is C16H23NO2. The van der Waals surface area contributed by atoms with E-state index < -0.39 is 0 Å². The molecule has 0 unspecified atom stereocenters. The van der Waals surface area contributed by atoms with Gasteiger partial charge in [-0.1, -0.05) is 44.5 Å². The zero-order chi connectivity index (χ0) is 13.7. The minimum Gasteiger partial charge on any atom is -0.449 e. The highest BCUT2D eigenvalue weighted by molar-refractivity contribution is 5.68. The average Bonchev–Trinajstić information content (AvgIpc) is 2.81. The highest BCUT2D eigenvalue weighted by Gasteiger charge is 2.23. The summed E-state index contributed by atoms with van der Waals surface area (Å²) in [6.45, 7) is 6.33. The van der Waals surface area contributed by atoms with Gasteiger partial charge < -0.3 is 4.74 Å².